The first-order valence-corrected chi connectivity index (χ1v) is 10.5. The summed E-state index contributed by atoms with van der Waals surface area (Å²) in [5.74, 6) is 0.743. The van der Waals surface area contributed by atoms with Crippen LogP contribution in [0.1, 0.15) is 24.8 Å². The lowest BCUT2D eigenvalue weighted by Gasteiger charge is -2.38. The monoisotopic (exact) mass is 428 g/mol. The van der Waals surface area contributed by atoms with Gasteiger partial charge in [0, 0.05) is 22.7 Å². The summed E-state index contributed by atoms with van der Waals surface area (Å²) in [4.78, 5) is 16.3. The van der Waals surface area contributed by atoms with Gasteiger partial charge in [0.15, 0.2) is 17.1 Å². The highest BCUT2D eigenvalue weighted by Gasteiger charge is 2.34. The molecule has 4 N–H and O–H groups in total. The van der Waals surface area contributed by atoms with Crippen LogP contribution in [0.2, 0.25) is 0 Å². The Morgan fingerprint density at radius 1 is 1.06 bits per heavy atom. The van der Waals surface area contributed by atoms with Gasteiger partial charge in [0.25, 0.3) is 0 Å². The van der Waals surface area contributed by atoms with Gasteiger partial charge in [-0.15, -0.1) is 0 Å². The van der Waals surface area contributed by atoms with E-state index in [4.69, 9.17) is 25.9 Å². The fourth-order valence-corrected chi connectivity index (χ4v) is 4.29. The maximum absolute atomic E-state index is 11.4. The molecule has 162 valence electrons. The number of carbonyl (C=O) groups excluding carboxylic acids is 1. The molecule has 32 heavy (non-hydrogen) atoms. The van der Waals surface area contributed by atoms with Crippen LogP contribution in [-0.2, 0) is 5.54 Å². The number of methoxy groups -OCH3 is 1. The van der Waals surface area contributed by atoms with Gasteiger partial charge in [-0.05, 0) is 24.8 Å². The molecule has 0 aliphatic heterocycles. The fourth-order valence-electron chi connectivity index (χ4n) is 4.29. The maximum Gasteiger partial charge on any atom is 0.410 e. The topological polar surface area (TPSA) is 105 Å². The van der Waals surface area contributed by atoms with Crippen LogP contribution < -0.4 is 20.9 Å². The number of carbonyl (C=O) groups is 1. The van der Waals surface area contributed by atoms with Crippen LogP contribution in [0.15, 0.2) is 66.9 Å². The van der Waals surface area contributed by atoms with E-state index in [2.05, 4.69) is 24.3 Å². The summed E-state index contributed by atoms with van der Waals surface area (Å²) < 4.78 is 12.5. The predicted molar refractivity (Wildman–Crippen MR) is 123 cm³/mol. The van der Waals surface area contributed by atoms with E-state index in [1.165, 1.54) is 6.42 Å². The smallest absolute Gasteiger partial charge is 0.410 e. The van der Waals surface area contributed by atoms with Crippen LogP contribution in [0.25, 0.3) is 28.2 Å². The van der Waals surface area contributed by atoms with Crippen molar-refractivity contribution >= 4 is 11.7 Å². The molecular formula is C25H24N4O3. The van der Waals surface area contributed by atoms with Gasteiger partial charge in [0.05, 0.1) is 24.7 Å². The van der Waals surface area contributed by atoms with Gasteiger partial charge in [0.2, 0.25) is 0 Å². The first kappa shape index (κ1) is 20.1. The second-order valence-electron chi connectivity index (χ2n) is 8.12. The quantitative estimate of drug-likeness (QED) is 0.488. The lowest BCUT2D eigenvalue weighted by molar-refractivity contribution is 0.210. The molecule has 7 heteroatoms. The minimum Gasteiger partial charge on any atom is -0.493 e. The zero-order chi connectivity index (χ0) is 22.3. The van der Waals surface area contributed by atoms with E-state index < -0.39 is 6.09 Å². The Balaban J connectivity index is 1.72. The van der Waals surface area contributed by atoms with Gasteiger partial charge in [-0.2, -0.15) is 0 Å². The Morgan fingerprint density at radius 2 is 1.78 bits per heavy atom. The van der Waals surface area contributed by atoms with Crippen LogP contribution in [0.3, 0.4) is 0 Å². The molecule has 0 radical (unpaired) electrons. The third-order valence-corrected chi connectivity index (χ3v) is 6.13. The third kappa shape index (κ3) is 3.36. The minimum absolute atomic E-state index is 0.218. The number of aromatic nitrogens is 2. The average molecular weight is 428 g/mol. The van der Waals surface area contributed by atoms with E-state index in [-0.39, 0.29) is 11.3 Å². The van der Waals surface area contributed by atoms with Crippen LogP contribution in [0.5, 0.6) is 11.5 Å². The molecule has 5 rings (SSSR count). The lowest BCUT2D eigenvalue weighted by atomic mass is 9.72. The second kappa shape index (κ2) is 7.69. The number of fused-ring (bicyclic) bond motifs is 1. The van der Waals surface area contributed by atoms with Crippen LogP contribution >= 0.6 is 0 Å². The average Bonchev–Trinajstić information content (AvgIpc) is 3.16. The highest BCUT2D eigenvalue weighted by Crippen LogP contribution is 2.41. The molecule has 2 aromatic heterocycles. The fraction of sp³-hybridized carbons (Fsp3) is 0.200. The largest absolute Gasteiger partial charge is 0.493 e. The van der Waals surface area contributed by atoms with E-state index in [0.717, 1.165) is 40.9 Å². The molecule has 0 spiro atoms. The first-order chi connectivity index (χ1) is 15.5. The van der Waals surface area contributed by atoms with E-state index in [1.807, 2.05) is 34.7 Å². The number of hydrogen-bond donors (Lipinski definition) is 2. The van der Waals surface area contributed by atoms with E-state index in [0.29, 0.717) is 11.4 Å². The molecule has 1 fully saturated rings. The molecule has 0 atom stereocenters. The molecular weight excluding hydrogens is 404 g/mol. The number of amides is 1. The van der Waals surface area contributed by atoms with Crippen LogP contribution in [0.4, 0.5) is 4.79 Å². The van der Waals surface area contributed by atoms with Crippen molar-refractivity contribution in [2.24, 2.45) is 11.5 Å². The zero-order valence-electron chi connectivity index (χ0n) is 17.7. The summed E-state index contributed by atoms with van der Waals surface area (Å²) in [7, 11) is 1.55. The SMILES string of the molecule is COc1cc(OC(N)=O)cn2c(-c3ccccc3)c(-c3ccc(C4(N)CCC4)cc3)nc12. The number of nitrogens with two attached hydrogens (primary N) is 2. The van der Waals surface area contributed by atoms with Gasteiger partial charge in [-0.25, -0.2) is 9.78 Å². The summed E-state index contributed by atoms with van der Waals surface area (Å²) in [6, 6.07) is 19.8. The number of ether oxygens (including phenoxy) is 2. The molecule has 2 heterocycles. The number of rotatable bonds is 5. The second-order valence-corrected chi connectivity index (χ2v) is 8.12. The van der Waals surface area contributed by atoms with Gasteiger partial charge in [0.1, 0.15) is 0 Å². The van der Waals surface area contributed by atoms with Crippen LogP contribution in [-0.4, -0.2) is 22.6 Å². The highest BCUT2D eigenvalue weighted by molar-refractivity contribution is 5.84. The van der Waals surface area contributed by atoms with Crippen molar-refractivity contribution in [3.63, 3.8) is 0 Å². The van der Waals surface area contributed by atoms with Crippen molar-refractivity contribution < 1.29 is 14.3 Å². The molecule has 1 amide bonds. The molecule has 0 unspecified atom stereocenters. The number of pyridine rings is 1. The maximum atomic E-state index is 11.4. The van der Waals surface area contributed by atoms with E-state index in [1.54, 1.807) is 19.4 Å². The molecule has 0 bridgehead atoms. The van der Waals surface area contributed by atoms with E-state index >= 15 is 0 Å². The Bertz CT molecular complexity index is 1290. The summed E-state index contributed by atoms with van der Waals surface area (Å²) in [6.45, 7) is 0. The summed E-state index contributed by atoms with van der Waals surface area (Å²) in [5.41, 5.74) is 16.8. The number of imidazole rings is 1. The minimum atomic E-state index is -0.893. The number of primary amides is 1. The van der Waals surface area contributed by atoms with Crippen molar-refractivity contribution in [2.75, 3.05) is 7.11 Å². The van der Waals surface area contributed by atoms with Gasteiger partial charge >= 0.3 is 6.09 Å². The number of benzene rings is 2. The third-order valence-electron chi connectivity index (χ3n) is 6.13. The van der Waals surface area contributed by atoms with Crippen molar-refractivity contribution in [3.05, 3.63) is 72.4 Å². The molecule has 1 aliphatic carbocycles. The summed E-state index contributed by atoms with van der Waals surface area (Å²) >= 11 is 0. The summed E-state index contributed by atoms with van der Waals surface area (Å²) in [5, 5.41) is 0. The van der Waals surface area contributed by atoms with Gasteiger partial charge in [-0.1, -0.05) is 54.6 Å². The number of nitrogens with zero attached hydrogens (tertiary/aromatic N) is 2. The highest BCUT2D eigenvalue weighted by atomic mass is 16.5. The Morgan fingerprint density at radius 3 is 2.38 bits per heavy atom. The van der Waals surface area contributed by atoms with E-state index in [9.17, 15) is 4.79 Å². The Labute approximate surface area is 185 Å². The standard InChI is InChI=1S/C25H24N4O3/c1-31-20-14-19(32-24(26)30)15-29-22(17-6-3-2-4-7-17)21(28-23(20)29)16-8-10-18(11-9-16)25(27)12-5-13-25/h2-4,6-11,14-15H,5,12-13,27H2,1H3,(H2,26,30). The van der Waals surface area contributed by atoms with Crippen molar-refractivity contribution in [1.82, 2.24) is 9.38 Å². The zero-order valence-corrected chi connectivity index (χ0v) is 17.7. The van der Waals surface area contributed by atoms with Crippen LogP contribution in [0, 0.1) is 0 Å². The Hall–Kier alpha value is -3.84. The normalized spacial score (nSPS) is 14.7. The van der Waals surface area contributed by atoms with Crippen molar-refractivity contribution in [3.8, 4) is 34.0 Å². The molecule has 1 saturated carbocycles. The predicted octanol–water partition coefficient (Wildman–Crippen LogP) is 4.47. The lowest BCUT2D eigenvalue weighted by Crippen LogP contribution is -2.43. The Kier molecular flexibility index (Phi) is 4.83. The molecule has 2 aromatic carbocycles. The van der Waals surface area contributed by atoms with Gasteiger partial charge in [-0.3, -0.25) is 4.40 Å². The van der Waals surface area contributed by atoms with Gasteiger partial charge < -0.3 is 20.9 Å². The molecule has 7 nitrogen and oxygen atoms in total. The van der Waals surface area contributed by atoms with Crippen molar-refractivity contribution in [2.45, 2.75) is 24.8 Å². The molecule has 0 saturated heterocycles. The number of hydrogen-bond acceptors (Lipinski definition) is 5. The molecule has 1 aliphatic rings. The molecule has 4 aromatic rings. The summed E-state index contributed by atoms with van der Waals surface area (Å²) in [6.07, 6.45) is 3.98. The van der Waals surface area contributed by atoms with Crippen molar-refractivity contribution in [1.29, 1.82) is 0 Å². The first-order valence-electron chi connectivity index (χ1n) is 10.5.